The van der Waals surface area contributed by atoms with E-state index in [-0.39, 0.29) is 6.10 Å². The first-order chi connectivity index (χ1) is 10.7. The van der Waals surface area contributed by atoms with Crippen LogP contribution in [0, 0.1) is 11.8 Å². The van der Waals surface area contributed by atoms with Crippen molar-refractivity contribution in [3.63, 3.8) is 0 Å². The second-order valence-electron chi connectivity index (χ2n) is 6.72. The minimum absolute atomic E-state index is 0.154. The normalized spacial score (nSPS) is 27.1. The molecule has 22 heavy (non-hydrogen) atoms. The van der Waals surface area contributed by atoms with Gasteiger partial charge in [0.1, 0.15) is 0 Å². The minimum atomic E-state index is -0.154. The molecule has 1 aliphatic heterocycles. The van der Waals surface area contributed by atoms with Gasteiger partial charge in [0.25, 0.3) is 0 Å². The van der Waals surface area contributed by atoms with Crippen LogP contribution in [0.5, 0.6) is 0 Å². The van der Waals surface area contributed by atoms with Crippen LogP contribution in [0.3, 0.4) is 0 Å². The zero-order chi connectivity index (χ0) is 15.8. The molecule has 1 aliphatic carbocycles. The molecule has 0 amide bonds. The van der Waals surface area contributed by atoms with Crippen LogP contribution in [-0.4, -0.2) is 62.0 Å². The van der Waals surface area contributed by atoms with Crippen LogP contribution >= 0.6 is 0 Å². The van der Waals surface area contributed by atoms with Gasteiger partial charge in [-0.1, -0.05) is 6.42 Å². The lowest BCUT2D eigenvalue weighted by atomic mass is 9.96. The lowest BCUT2D eigenvalue weighted by Crippen LogP contribution is -2.40. The van der Waals surface area contributed by atoms with Gasteiger partial charge in [0, 0.05) is 45.8 Å². The number of hydrogen-bond donors (Lipinski definition) is 2. The Morgan fingerprint density at radius 2 is 2.05 bits per heavy atom. The predicted molar refractivity (Wildman–Crippen MR) is 90.1 cm³/mol. The van der Waals surface area contributed by atoms with Gasteiger partial charge in [-0.15, -0.1) is 0 Å². The second-order valence-corrected chi connectivity index (χ2v) is 6.72. The van der Waals surface area contributed by atoms with Crippen LogP contribution in [0.4, 0.5) is 0 Å². The molecule has 0 bridgehead atoms. The smallest absolute Gasteiger partial charge is 0.193 e. The highest BCUT2D eigenvalue weighted by molar-refractivity contribution is 5.79. The maximum absolute atomic E-state index is 9.93. The van der Waals surface area contributed by atoms with Gasteiger partial charge in [0.05, 0.1) is 6.10 Å². The van der Waals surface area contributed by atoms with Crippen molar-refractivity contribution in [2.24, 2.45) is 16.8 Å². The summed E-state index contributed by atoms with van der Waals surface area (Å²) >= 11 is 0. The molecule has 0 spiro atoms. The van der Waals surface area contributed by atoms with E-state index in [0.717, 1.165) is 64.0 Å². The van der Waals surface area contributed by atoms with Crippen LogP contribution in [-0.2, 0) is 4.74 Å². The Hall–Kier alpha value is -0.810. The Bertz CT molecular complexity index is 343. The molecule has 2 rings (SSSR count). The van der Waals surface area contributed by atoms with E-state index >= 15 is 0 Å². The van der Waals surface area contributed by atoms with Crippen molar-refractivity contribution >= 4 is 5.96 Å². The number of aliphatic hydroxyl groups is 1. The number of guanidine groups is 1. The van der Waals surface area contributed by atoms with E-state index < -0.39 is 0 Å². The van der Waals surface area contributed by atoms with Crippen LogP contribution in [0.1, 0.15) is 45.4 Å². The molecule has 0 aromatic carbocycles. The lowest BCUT2D eigenvalue weighted by Gasteiger charge is -2.27. The fraction of sp³-hybridized carbons (Fsp3) is 0.941. The van der Waals surface area contributed by atoms with Gasteiger partial charge in [-0.05, 0) is 44.9 Å². The summed E-state index contributed by atoms with van der Waals surface area (Å²) in [5, 5.41) is 13.3. The number of rotatable bonds is 6. The molecular weight excluding hydrogens is 278 g/mol. The molecule has 2 N–H and O–H groups in total. The zero-order valence-electron chi connectivity index (χ0n) is 14.3. The first kappa shape index (κ1) is 17.5. The van der Waals surface area contributed by atoms with Crippen LogP contribution in [0.25, 0.3) is 0 Å². The summed E-state index contributed by atoms with van der Waals surface area (Å²) in [6.07, 6.45) is 6.62. The van der Waals surface area contributed by atoms with E-state index in [2.05, 4.69) is 24.2 Å². The standard InChI is InChI=1S/C17H33N3O2/c1-3-18-17(19-13-15-5-4-6-16(15)21)20(2)10-7-14-8-11-22-12-9-14/h14-16,21H,3-13H2,1-2H3,(H,18,19). The monoisotopic (exact) mass is 311 g/mol. The molecule has 1 saturated carbocycles. The van der Waals surface area contributed by atoms with Crippen molar-refractivity contribution in [2.75, 3.05) is 39.9 Å². The Labute approximate surface area is 135 Å². The molecule has 2 atom stereocenters. The largest absolute Gasteiger partial charge is 0.393 e. The topological polar surface area (TPSA) is 57.1 Å². The molecule has 5 nitrogen and oxygen atoms in total. The summed E-state index contributed by atoms with van der Waals surface area (Å²) in [6, 6.07) is 0. The molecule has 0 aromatic heterocycles. The third kappa shape index (κ3) is 5.43. The Morgan fingerprint density at radius 3 is 2.68 bits per heavy atom. The number of nitrogens with zero attached hydrogens (tertiary/aromatic N) is 2. The van der Waals surface area contributed by atoms with Gasteiger partial charge in [-0.25, -0.2) is 0 Å². The number of aliphatic imine (C=N–C) groups is 1. The summed E-state index contributed by atoms with van der Waals surface area (Å²) in [5.41, 5.74) is 0. The van der Waals surface area contributed by atoms with Gasteiger partial charge >= 0.3 is 0 Å². The highest BCUT2D eigenvalue weighted by Gasteiger charge is 2.25. The molecule has 0 radical (unpaired) electrons. The second kappa shape index (κ2) is 9.36. The van der Waals surface area contributed by atoms with E-state index in [0.29, 0.717) is 5.92 Å². The first-order valence-electron chi connectivity index (χ1n) is 8.96. The fourth-order valence-electron chi connectivity index (χ4n) is 3.42. The SMILES string of the molecule is CCNC(=NCC1CCCC1O)N(C)CCC1CCOCC1. The van der Waals surface area contributed by atoms with E-state index in [9.17, 15) is 5.11 Å². The average molecular weight is 311 g/mol. The molecule has 5 heteroatoms. The number of nitrogens with one attached hydrogen (secondary N) is 1. The maximum atomic E-state index is 9.93. The predicted octanol–water partition coefficient (Wildman–Crippen LogP) is 1.86. The van der Waals surface area contributed by atoms with Gasteiger partial charge in [0.15, 0.2) is 5.96 Å². The molecule has 2 fully saturated rings. The molecule has 1 saturated heterocycles. The molecule has 128 valence electrons. The summed E-state index contributed by atoms with van der Waals surface area (Å²) in [4.78, 5) is 6.99. The fourth-order valence-corrected chi connectivity index (χ4v) is 3.42. The average Bonchev–Trinajstić information content (AvgIpc) is 2.95. The van der Waals surface area contributed by atoms with E-state index in [4.69, 9.17) is 9.73 Å². The van der Waals surface area contributed by atoms with Gasteiger partial charge < -0.3 is 20.1 Å². The first-order valence-corrected chi connectivity index (χ1v) is 8.96. The van der Waals surface area contributed by atoms with Crippen molar-refractivity contribution in [1.29, 1.82) is 0 Å². The number of aliphatic hydroxyl groups excluding tert-OH is 1. The molecular formula is C17H33N3O2. The minimum Gasteiger partial charge on any atom is -0.393 e. The quantitative estimate of drug-likeness (QED) is 0.581. The van der Waals surface area contributed by atoms with Crippen molar-refractivity contribution in [1.82, 2.24) is 10.2 Å². The molecule has 0 aromatic rings. The third-order valence-electron chi connectivity index (χ3n) is 5.00. The van der Waals surface area contributed by atoms with Gasteiger partial charge in [-0.3, -0.25) is 4.99 Å². The Kier molecular flexibility index (Phi) is 7.46. The van der Waals surface area contributed by atoms with Crippen LogP contribution < -0.4 is 5.32 Å². The summed E-state index contributed by atoms with van der Waals surface area (Å²) in [5.74, 6) is 2.11. The Balaban J connectivity index is 1.79. The summed E-state index contributed by atoms with van der Waals surface area (Å²) in [7, 11) is 2.12. The van der Waals surface area contributed by atoms with Crippen molar-refractivity contribution in [2.45, 2.75) is 51.6 Å². The van der Waals surface area contributed by atoms with Crippen LogP contribution in [0.2, 0.25) is 0 Å². The van der Waals surface area contributed by atoms with E-state index in [1.54, 1.807) is 0 Å². The zero-order valence-corrected chi connectivity index (χ0v) is 14.3. The Morgan fingerprint density at radius 1 is 1.27 bits per heavy atom. The maximum Gasteiger partial charge on any atom is 0.193 e. The number of ether oxygens (including phenoxy) is 1. The van der Waals surface area contributed by atoms with Crippen molar-refractivity contribution in [3.05, 3.63) is 0 Å². The van der Waals surface area contributed by atoms with Gasteiger partial charge in [0.2, 0.25) is 0 Å². The molecule has 2 unspecified atom stereocenters. The van der Waals surface area contributed by atoms with E-state index in [1.165, 1.54) is 19.3 Å². The molecule has 2 aliphatic rings. The number of hydrogen-bond acceptors (Lipinski definition) is 3. The van der Waals surface area contributed by atoms with Crippen LogP contribution in [0.15, 0.2) is 4.99 Å². The third-order valence-corrected chi connectivity index (χ3v) is 5.00. The highest BCUT2D eigenvalue weighted by Crippen LogP contribution is 2.25. The molecule has 1 heterocycles. The van der Waals surface area contributed by atoms with Gasteiger partial charge in [-0.2, -0.15) is 0 Å². The van der Waals surface area contributed by atoms with Crippen molar-refractivity contribution in [3.8, 4) is 0 Å². The lowest BCUT2D eigenvalue weighted by molar-refractivity contribution is 0.0625. The highest BCUT2D eigenvalue weighted by atomic mass is 16.5. The van der Waals surface area contributed by atoms with Crippen molar-refractivity contribution < 1.29 is 9.84 Å². The summed E-state index contributed by atoms with van der Waals surface area (Å²) in [6.45, 7) is 6.60. The summed E-state index contributed by atoms with van der Waals surface area (Å²) < 4.78 is 5.42. The van der Waals surface area contributed by atoms with E-state index in [1.807, 2.05) is 0 Å².